The third-order valence-electron chi connectivity index (χ3n) is 3.84. The van der Waals surface area contributed by atoms with E-state index in [0.29, 0.717) is 0 Å². The summed E-state index contributed by atoms with van der Waals surface area (Å²) >= 11 is 0. The van der Waals surface area contributed by atoms with Crippen molar-refractivity contribution in [3.8, 4) is 0 Å². The molecule has 0 aliphatic rings. The first-order valence-corrected chi connectivity index (χ1v) is 8.83. The average molecular weight is 434 g/mol. The molecule has 0 aromatic carbocycles. The van der Waals surface area contributed by atoms with E-state index < -0.39 is 72.8 Å². The number of hydrogen-bond acceptors (Lipinski definition) is 8. The van der Waals surface area contributed by atoms with E-state index in [1.54, 1.807) is 0 Å². The van der Waals surface area contributed by atoms with E-state index in [9.17, 15) is 28.8 Å². The van der Waals surface area contributed by atoms with Crippen molar-refractivity contribution in [2.45, 2.75) is 56.8 Å². The Hall–Kier alpha value is -3.26. The quantitative estimate of drug-likeness (QED) is 0.134. The largest absolute Gasteiger partial charge is 0.481 e. The van der Waals surface area contributed by atoms with Gasteiger partial charge in [-0.05, 0) is 19.8 Å². The fraction of sp³-hybridized carbons (Fsp3) is 0.625. The average Bonchev–Trinajstić information content (AvgIpc) is 2.66. The van der Waals surface area contributed by atoms with E-state index in [-0.39, 0.29) is 19.3 Å². The van der Waals surface area contributed by atoms with Crippen LogP contribution in [-0.2, 0) is 28.8 Å². The van der Waals surface area contributed by atoms with Crippen molar-refractivity contribution in [2.24, 2.45) is 5.73 Å². The van der Waals surface area contributed by atoms with Gasteiger partial charge in [0.2, 0.25) is 17.7 Å². The second kappa shape index (κ2) is 13.1. The molecule has 0 saturated heterocycles. The summed E-state index contributed by atoms with van der Waals surface area (Å²) in [5.41, 5.74) is 5.53. The molecule has 0 saturated carbocycles. The molecule has 0 aliphatic heterocycles. The van der Waals surface area contributed by atoms with Crippen LogP contribution in [0.15, 0.2) is 0 Å². The predicted octanol–water partition coefficient (Wildman–Crippen LogP) is -3.41. The van der Waals surface area contributed by atoms with Gasteiger partial charge in [0.05, 0.1) is 12.6 Å². The molecule has 0 bridgehead atoms. The van der Waals surface area contributed by atoms with Gasteiger partial charge < -0.3 is 42.1 Å². The second-order valence-electron chi connectivity index (χ2n) is 6.34. The number of nitrogens with one attached hydrogen (secondary N) is 3. The number of aliphatic hydroxyl groups excluding tert-OH is 1. The minimum atomic E-state index is -1.66. The van der Waals surface area contributed by atoms with Crippen LogP contribution in [0.2, 0.25) is 0 Å². The molecule has 0 aromatic rings. The Labute approximate surface area is 170 Å². The third kappa shape index (κ3) is 10.3. The van der Waals surface area contributed by atoms with Crippen LogP contribution in [0, 0.1) is 0 Å². The van der Waals surface area contributed by atoms with Gasteiger partial charge in [0.15, 0.2) is 0 Å². The highest BCUT2D eigenvalue weighted by Gasteiger charge is 2.29. The summed E-state index contributed by atoms with van der Waals surface area (Å²) in [6, 6.07) is -5.53. The molecular weight excluding hydrogens is 408 g/mol. The van der Waals surface area contributed by atoms with Gasteiger partial charge in [0.1, 0.15) is 18.1 Å². The van der Waals surface area contributed by atoms with Crippen LogP contribution in [0.3, 0.4) is 0 Å². The van der Waals surface area contributed by atoms with Gasteiger partial charge >= 0.3 is 17.9 Å². The molecule has 0 fully saturated rings. The molecule has 0 unspecified atom stereocenters. The second-order valence-corrected chi connectivity index (χ2v) is 6.34. The zero-order chi connectivity index (χ0) is 23.4. The van der Waals surface area contributed by atoms with Crippen molar-refractivity contribution < 1.29 is 49.2 Å². The minimum absolute atomic E-state index is 0.170. The Balaban J connectivity index is 5.02. The summed E-state index contributed by atoms with van der Waals surface area (Å²) in [4.78, 5) is 68.6. The molecule has 3 amide bonds. The van der Waals surface area contributed by atoms with Crippen molar-refractivity contribution in [3.63, 3.8) is 0 Å². The Kier molecular flexibility index (Phi) is 11.6. The molecule has 14 heteroatoms. The van der Waals surface area contributed by atoms with E-state index in [2.05, 4.69) is 10.6 Å². The summed E-state index contributed by atoms with van der Waals surface area (Å²) in [6.07, 6.45) is -1.45. The molecule has 4 atom stereocenters. The van der Waals surface area contributed by atoms with Crippen LogP contribution in [0.25, 0.3) is 0 Å². The van der Waals surface area contributed by atoms with Gasteiger partial charge in [-0.3, -0.25) is 24.0 Å². The number of carbonyl (C=O) groups excluding carboxylic acids is 3. The molecule has 9 N–H and O–H groups in total. The molecule has 0 aliphatic carbocycles. The third-order valence-corrected chi connectivity index (χ3v) is 3.84. The lowest BCUT2D eigenvalue weighted by Crippen LogP contribution is -2.56. The summed E-state index contributed by atoms with van der Waals surface area (Å²) in [5.74, 6) is -6.71. The van der Waals surface area contributed by atoms with Crippen LogP contribution in [0.1, 0.15) is 32.6 Å². The standard InChI is InChI=1S/C16H26N4O10/c1-7(18-14(27)8(17)2-4-11(22)23)13(26)19-9(3-5-12(24)25)15(28)20-10(6-21)16(29)30/h7-10,21H,2-6,17H2,1H3,(H,18,27)(H,19,26)(H,20,28)(H,22,23)(H,24,25)(H,29,30)/t7-,8-,9-,10-/m0/s1. The summed E-state index contributed by atoms with van der Waals surface area (Å²) in [5, 5.41) is 41.6. The van der Waals surface area contributed by atoms with Gasteiger partial charge in [-0.2, -0.15) is 0 Å². The molecule has 0 radical (unpaired) electrons. The van der Waals surface area contributed by atoms with Crippen molar-refractivity contribution in [1.82, 2.24) is 16.0 Å². The van der Waals surface area contributed by atoms with Crippen molar-refractivity contribution >= 4 is 35.6 Å². The molecule has 14 nitrogen and oxygen atoms in total. The Morgan fingerprint density at radius 2 is 1.27 bits per heavy atom. The number of rotatable bonds is 14. The van der Waals surface area contributed by atoms with Gasteiger partial charge in [0.25, 0.3) is 0 Å². The smallest absolute Gasteiger partial charge is 0.328 e. The fourth-order valence-corrected chi connectivity index (χ4v) is 2.09. The van der Waals surface area contributed by atoms with Crippen LogP contribution in [-0.4, -0.2) is 86.8 Å². The first-order valence-electron chi connectivity index (χ1n) is 8.83. The highest BCUT2D eigenvalue weighted by Crippen LogP contribution is 2.01. The monoisotopic (exact) mass is 434 g/mol. The molecule has 30 heavy (non-hydrogen) atoms. The number of aliphatic hydroxyl groups is 1. The maximum absolute atomic E-state index is 12.3. The normalized spacial score (nSPS) is 14.5. The van der Waals surface area contributed by atoms with Crippen LogP contribution >= 0.6 is 0 Å². The number of carboxylic acids is 3. The molecule has 0 heterocycles. The predicted molar refractivity (Wildman–Crippen MR) is 97.9 cm³/mol. The lowest BCUT2D eigenvalue weighted by molar-refractivity contribution is -0.144. The summed E-state index contributed by atoms with van der Waals surface area (Å²) in [7, 11) is 0. The van der Waals surface area contributed by atoms with E-state index >= 15 is 0 Å². The molecule has 0 rings (SSSR count). The van der Waals surface area contributed by atoms with Crippen LogP contribution in [0.5, 0.6) is 0 Å². The van der Waals surface area contributed by atoms with Gasteiger partial charge in [-0.15, -0.1) is 0 Å². The highest BCUT2D eigenvalue weighted by molar-refractivity contribution is 5.94. The van der Waals surface area contributed by atoms with E-state index in [0.717, 1.165) is 0 Å². The van der Waals surface area contributed by atoms with E-state index in [1.165, 1.54) is 6.92 Å². The molecule has 170 valence electrons. The first-order chi connectivity index (χ1) is 13.9. The number of hydrogen-bond donors (Lipinski definition) is 8. The zero-order valence-electron chi connectivity index (χ0n) is 16.2. The Morgan fingerprint density at radius 3 is 1.73 bits per heavy atom. The van der Waals surface area contributed by atoms with Crippen molar-refractivity contribution in [3.05, 3.63) is 0 Å². The number of nitrogens with two attached hydrogens (primary N) is 1. The number of amides is 3. The number of carbonyl (C=O) groups is 6. The van der Waals surface area contributed by atoms with Crippen molar-refractivity contribution in [1.29, 1.82) is 0 Å². The number of aliphatic carboxylic acids is 3. The topological polar surface area (TPSA) is 245 Å². The van der Waals surface area contributed by atoms with Gasteiger partial charge in [0, 0.05) is 12.8 Å². The van der Waals surface area contributed by atoms with E-state index in [4.69, 9.17) is 26.2 Å². The molecule has 0 aromatic heterocycles. The van der Waals surface area contributed by atoms with Crippen LogP contribution in [0.4, 0.5) is 0 Å². The van der Waals surface area contributed by atoms with Crippen molar-refractivity contribution in [2.75, 3.05) is 6.61 Å². The maximum atomic E-state index is 12.3. The summed E-state index contributed by atoms with van der Waals surface area (Å²) < 4.78 is 0. The molecule has 0 spiro atoms. The molecular formula is C16H26N4O10. The summed E-state index contributed by atoms with van der Waals surface area (Å²) in [6.45, 7) is 0.318. The van der Waals surface area contributed by atoms with Gasteiger partial charge in [-0.1, -0.05) is 0 Å². The SMILES string of the molecule is C[C@H](NC(=O)[C@@H](N)CCC(=O)O)C(=O)N[C@@H](CCC(=O)O)C(=O)N[C@@H](CO)C(=O)O. The minimum Gasteiger partial charge on any atom is -0.481 e. The van der Waals surface area contributed by atoms with Crippen LogP contribution < -0.4 is 21.7 Å². The van der Waals surface area contributed by atoms with E-state index in [1.807, 2.05) is 5.32 Å². The van der Waals surface area contributed by atoms with Gasteiger partial charge in [-0.25, -0.2) is 4.79 Å². The maximum Gasteiger partial charge on any atom is 0.328 e. The lowest BCUT2D eigenvalue weighted by Gasteiger charge is -2.23. The fourth-order valence-electron chi connectivity index (χ4n) is 2.09. The first kappa shape index (κ1) is 26.7. The highest BCUT2D eigenvalue weighted by atomic mass is 16.4. The zero-order valence-corrected chi connectivity index (χ0v) is 16.2. The Morgan fingerprint density at radius 1 is 0.767 bits per heavy atom. The Bertz CT molecular complexity index is 668. The lowest BCUT2D eigenvalue weighted by atomic mass is 10.1. The number of carboxylic acid groups (broad SMARTS) is 3.